The molecule has 2 aromatic rings. The van der Waals surface area contributed by atoms with Crippen molar-refractivity contribution in [3.63, 3.8) is 0 Å². The molecule has 0 spiro atoms. The zero-order chi connectivity index (χ0) is 20.8. The smallest absolute Gasteiger partial charge is 0.126 e. The van der Waals surface area contributed by atoms with Crippen molar-refractivity contribution in [1.82, 2.24) is 4.90 Å². The summed E-state index contributed by atoms with van der Waals surface area (Å²) in [5.74, 6) is 2.02. The fourth-order valence-corrected chi connectivity index (χ4v) is 4.25. The molecule has 0 fully saturated rings. The van der Waals surface area contributed by atoms with Crippen LogP contribution in [-0.4, -0.2) is 37.9 Å². The van der Waals surface area contributed by atoms with Gasteiger partial charge in [0.25, 0.3) is 0 Å². The van der Waals surface area contributed by atoms with Gasteiger partial charge in [0.1, 0.15) is 24.7 Å². The van der Waals surface area contributed by atoms with E-state index in [1.807, 2.05) is 0 Å². The lowest BCUT2D eigenvalue weighted by atomic mass is 10.0. The second kappa shape index (κ2) is 10.1. The van der Waals surface area contributed by atoms with E-state index < -0.39 is 0 Å². The summed E-state index contributed by atoms with van der Waals surface area (Å²) in [5, 5.41) is 0. The van der Waals surface area contributed by atoms with Crippen LogP contribution in [0.15, 0.2) is 24.3 Å². The standard InChI is InChI=1S/C25H35NO3/c1-6-7-26-16-22-14-18(2)12-20(4)24(22)28-10-8-27-9-11-29-25-21(5)13-19(3)15-23(25)17-26/h12-15H,6-11,16-17H2,1-5H3. The minimum absolute atomic E-state index is 0.555. The summed E-state index contributed by atoms with van der Waals surface area (Å²) >= 11 is 0. The molecular formula is C25H35NO3. The van der Waals surface area contributed by atoms with Gasteiger partial charge in [-0.25, -0.2) is 0 Å². The molecule has 3 rings (SSSR count). The predicted octanol–water partition coefficient (Wildman–Crippen LogP) is 5.12. The Hall–Kier alpha value is -2.04. The second-order valence-corrected chi connectivity index (χ2v) is 8.16. The van der Waals surface area contributed by atoms with E-state index in [9.17, 15) is 0 Å². The highest BCUT2D eigenvalue weighted by molar-refractivity contribution is 5.45. The molecule has 0 unspecified atom stereocenters. The Morgan fingerprint density at radius 2 is 1.21 bits per heavy atom. The van der Waals surface area contributed by atoms with Crippen LogP contribution in [0.25, 0.3) is 0 Å². The molecule has 0 saturated heterocycles. The van der Waals surface area contributed by atoms with E-state index >= 15 is 0 Å². The molecule has 4 nitrogen and oxygen atoms in total. The first kappa shape index (κ1) is 21.7. The van der Waals surface area contributed by atoms with E-state index in [2.05, 4.69) is 63.8 Å². The van der Waals surface area contributed by atoms with Crippen LogP contribution in [0.1, 0.15) is 46.7 Å². The number of hydrogen-bond acceptors (Lipinski definition) is 4. The van der Waals surface area contributed by atoms with Crippen molar-refractivity contribution in [3.8, 4) is 11.5 Å². The third kappa shape index (κ3) is 5.74. The largest absolute Gasteiger partial charge is 0.491 e. The molecule has 1 aliphatic rings. The molecule has 0 atom stereocenters. The van der Waals surface area contributed by atoms with E-state index in [-0.39, 0.29) is 0 Å². The average molecular weight is 398 g/mol. The molecule has 0 aromatic heterocycles. The minimum Gasteiger partial charge on any atom is -0.491 e. The van der Waals surface area contributed by atoms with Crippen LogP contribution in [0.4, 0.5) is 0 Å². The highest BCUT2D eigenvalue weighted by Crippen LogP contribution is 2.30. The molecular weight excluding hydrogens is 362 g/mol. The first-order chi connectivity index (χ1) is 14.0. The summed E-state index contributed by atoms with van der Waals surface area (Å²) in [5.41, 5.74) is 7.43. The maximum absolute atomic E-state index is 6.16. The summed E-state index contributed by atoms with van der Waals surface area (Å²) in [6, 6.07) is 8.92. The van der Waals surface area contributed by atoms with Gasteiger partial charge >= 0.3 is 0 Å². The molecule has 29 heavy (non-hydrogen) atoms. The lowest BCUT2D eigenvalue weighted by Crippen LogP contribution is -2.25. The Morgan fingerprint density at radius 1 is 0.724 bits per heavy atom. The highest BCUT2D eigenvalue weighted by Gasteiger charge is 2.17. The van der Waals surface area contributed by atoms with Crippen molar-refractivity contribution in [2.24, 2.45) is 0 Å². The molecule has 0 bridgehead atoms. The fourth-order valence-electron chi connectivity index (χ4n) is 4.25. The summed E-state index contributed by atoms with van der Waals surface area (Å²) in [7, 11) is 0. The minimum atomic E-state index is 0.555. The molecule has 0 aliphatic carbocycles. The third-order valence-electron chi connectivity index (χ3n) is 5.27. The van der Waals surface area contributed by atoms with Gasteiger partial charge in [-0.05, 0) is 51.8 Å². The maximum atomic E-state index is 6.16. The molecule has 0 radical (unpaired) electrons. The number of rotatable bonds is 2. The topological polar surface area (TPSA) is 30.9 Å². The average Bonchev–Trinajstić information content (AvgIpc) is 2.64. The van der Waals surface area contributed by atoms with Crippen LogP contribution >= 0.6 is 0 Å². The SMILES string of the molecule is CCCN1Cc2cc(C)cc(C)c2OCCOCCOc2c(C)cc(C)cc2C1. The van der Waals surface area contributed by atoms with Gasteiger partial charge in [-0.1, -0.05) is 42.3 Å². The van der Waals surface area contributed by atoms with Crippen molar-refractivity contribution < 1.29 is 14.2 Å². The van der Waals surface area contributed by atoms with E-state index in [4.69, 9.17) is 14.2 Å². The van der Waals surface area contributed by atoms with Gasteiger partial charge in [-0.15, -0.1) is 0 Å². The Balaban J connectivity index is 1.99. The van der Waals surface area contributed by atoms with Gasteiger partial charge in [0.2, 0.25) is 0 Å². The van der Waals surface area contributed by atoms with Crippen LogP contribution in [0.2, 0.25) is 0 Å². The first-order valence-electron chi connectivity index (χ1n) is 10.7. The molecule has 0 saturated carbocycles. The highest BCUT2D eigenvalue weighted by atomic mass is 16.5. The van der Waals surface area contributed by atoms with Crippen LogP contribution in [-0.2, 0) is 17.8 Å². The van der Waals surface area contributed by atoms with E-state index in [1.54, 1.807) is 0 Å². The second-order valence-electron chi connectivity index (χ2n) is 8.16. The fraction of sp³-hybridized carbons (Fsp3) is 0.520. The van der Waals surface area contributed by atoms with Gasteiger partial charge in [-0.2, -0.15) is 0 Å². The van der Waals surface area contributed by atoms with E-state index in [0.29, 0.717) is 26.4 Å². The lowest BCUT2D eigenvalue weighted by molar-refractivity contribution is 0.0744. The van der Waals surface area contributed by atoms with Crippen LogP contribution in [0, 0.1) is 27.7 Å². The first-order valence-corrected chi connectivity index (χ1v) is 10.7. The predicted molar refractivity (Wildman–Crippen MR) is 118 cm³/mol. The summed E-state index contributed by atoms with van der Waals surface area (Å²) in [6.07, 6.45) is 1.11. The molecule has 0 N–H and O–H groups in total. The van der Waals surface area contributed by atoms with Crippen LogP contribution < -0.4 is 9.47 Å². The van der Waals surface area contributed by atoms with Gasteiger partial charge in [-0.3, -0.25) is 4.90 Å². The third-order valence-corrected chi connectivity index (χ3v) is 5.27. The van der Waals surface area contributed by atoms with Gasteiger partial charge < -0.3 is 14.2 Å². The number of nitrogens with zero attached hydrogens (tertiary/aromatic N) is 1. The van der Waals surface area contributed by atoms with Gasteiger partial charge in [0.15, 0.2) is 0 Å². The summed E-state index contributed by atoms with van der Waals surface area (Å²) in [6.45, 7) is 15.8. The summed E-state index contributed by atoms with van der Waals surface area (Å²) < 4.78 is 18.1. The number of ether oxygens (including phenoxy) is 3. The van der Waals surface area contributed by atoms with Crippen LogP contribution in [0.5, 0.6) is 11.5 Å². The molecule has 158 valence electrons. The van der Waals surface area contributed by atoms with Crippen molar-refractivity contribution >= 4 is 0 Å². The Bertz CT molecular complexity index is 766. The van der Waals surface area contributed by atoms with E-state index in [0.717, 1.165) is 37.6 Å². The van der Waals surface area contributed by atoms with Gasteiger partial charge in [0.05, 0.1) is 13.2 Å². The van der Waals surface area contributed by atoms with Crippen LogP contribution in [0.3, 0.4) is 0 Å². The molecule has 4 heteroatoms. The number of aryl methyl sites for hydroxylation is 4. The molecule has 1 aliphatic heterocycles. The number of fused-ring (bicyclic) bond motifs is 2. The van der Waals surface area contributed by atoms with Gasteiger partial charge in [0, 0.05) is 24.2 Å². The zero-order valence-corrected chi connectivity index (χ0v) is 18.6. The Kier molecular flexibility index (Phi) is 7.57. The summed E-state index contributed by atoms with van der Waals surface area (Å²) in [4.78, 5) is 2.50. The van der Waals surface area contributed by atoms with Crippen molar-refractivity contribution in [2.45, 2.75) is 54.1 Å². The Morgan fingerprint density at radius 3 is 1.66 bits per heavy atom. The quantitative estimate of drug-likeness (QED) is 0.704. The number of benzene rings is 2. The molecule has 0 amide bonds. The number of hydrogen-bond donors (Lipinski definition) is 0. The van der Waals surface area contributed by atoms with Crippen molar-refractivity contribution in [3.05, 3.63) is 57.6 Å². The zero-order valence-electron chi connectivity index (χ0n) is 18.6. The molecule has 2 aromatic carbocycles. The lowest BCUT2D eigenvalue weighted by Gasteiger charge is -2.26. The Labute approximate surface area is 175 Å². The van der Waals surface area contributed by atoms with Crippen molar-refractivity contribution in [2.75, 3.05) is 33.0 Å². The monoisotopic (exact) mass is 397 g/mol. The maximum Gasteiger partial charge on any atom is 0.126 e. The molecule has 1 heterocycles. The van der Waals surface area contributed by atoms with Crippen molar-refractivity contribution in [1.29, 1.82) is 0 Å². The normalized spacial score (nSPS) is 16.2. The van der Waals surface area contributed by atoms with E-state index in [1.165, 1.54) is 33.4 Å².